The van der Waals surface area contributed by atoms with Gasteiger partial charge in [-0.05, 0) is 18.2 Å². The Bertz CT molecular complexity index is 772. The van der Waals surface area contributed by atoms with Gasteiger partial charge in [-0.15, -0.1) is 0 Å². The summed E-state index contributed by atoms with van der Waals surface area (Å²) in [5, 5.41) is 3.34. The van der Waals surface area contributed by atoms with E-state index in [0.29, 0.717) is 5.75 Å². The lowest BCUT2D eigenvalue weighted by Gasteiger charge is -2.08. The van der Waals surface area contributed by atoms with Crippen LogP contribution in [0.2, 0.25) is 0 Å². The van der Waals surface area contributed by atoms with Crippen LogP contribution < -0.4 is 9.46 Å². The van der Waals surface area contributed by atoms with Gasteiger partial charge in [0.25, 0.3) is 0 Å². The molecule has 0 saturated heterocycles. The summed E-state index contributed by atoms with van der Waals surface area (Å²) in [5.74, 6) is 0.384. The van der Waals surface area contributed by atoms with Crippen LogP contribution in [0, 0.1) is 0 Å². The number of aromatic nitrogens is 2. The van der Waals surface area contributed by atoms with E-state index in [-0.39, 0.29) is 18.0 Å². The van der Waals surface area contributed by atoms with E-state index in [1.807, 2.05) is 0 Å². The van der Waals surface area contributed by atoms with Crippen molar-refractivity contribution < 1.29 is 26.3 Å². The molecule has 0 spiro atoms. The van der Waals surface area contributed by atoms with Gasteiger partial charge in [0.05, 0.1) is 18.6 Å². The second-order valence-corrected chi connectivity index (χ2v) is 6.31. The maximum Gasteiger partial charge on any atom is 0.435 e. The van der Waals surface area contributed by atoms with Crippen molar-refractivity contribution >= 4 is 10.0 Å². The van der Waals surface area contributed by atoms with Crippen LogP contribution in [0.5, 0.6) is 5.75 Å². The highest BCUT2D eigenvalue weighted by Crippen LogP contribution is 2.27. The Balaban J connectivity index is 1.98. The topological polar surface area (TPSA) is 73.2 Å². The van der Waals surface area contributed by atoms with Crippen LogP contribution in [0.3, 0.4) is 0 Å². The molecule has 1 aromatic carbocycles. The summed E-state index contributed by atoms with van der Waals surface area (Å²) in [7, 11) is -2.37. The van der Waals surface area contributed by atoms with Crippen molar-refractivity contribution in [3.05, 3.63) is 42.2 Å². The Kier molecular flexibility index (Phi) is 4.95. The van der Waals surface area contributed by atoms with Crippen molar-refractivity contribution in [1.82, 2.24) is 14.5 Å². The average Bonchev–Trinajstić information content (AvgIpc) is 2.96. The van der Waals surface area contributed by atoms with Crippen molar-refractivity contribution in [2.24, 2.45) is 0 Å². The summed E-state index contributed by atoms with van der Waals surface area (Å²) >= 11 is 0. The highest BCUT2D eigenvalue weighted by Gasteiger charge is 2.33. The number of alkyl halides is 3. The lowest BCUT2D eigenvalue weighted by molar-refractivity contribution is -0.141. The number of ether oxygens (including phenoxy) is 1. The van der Waals surface area contributed by atoms with Crippen LogP contribution in [0.15, 0.2) is 41.4 Å². The second kappa shape index (κ2) is 6.59. The van der Waals surface area contributed by atoms with E-state index in [1.165, 1.54) is 25.3 Å². The molecular weight excluding hydrogens is 335 g/mol. The number of methoxy groups -OCH3 is 1. The third-order valence-corrected chi connectivity index (χ3v) is 4.37. The maximum atomic E-state index is 12.4. The smallest absolute Gasteiger partial charge is 0.435 e. The minimum absolute atomic E-state index is 0.00768. The minimum atomic E-state index is -4.52. The number of halogens is 3. The Morgan fingerprint density at radius 3 is 2.65 bits per heavy atom. The van der Waals surface area contributed by atoms with E-state index in [1.54, 1.807) is 6.07 Å². The van der Waals surface area contributed by atoms with Gasteiger partial charge in [0, 0.05) is 18.8 Å². The Morgan fingerprint density at radius 2 is 2.04 bits per heavy atom. The molecule has 126 valence electrons. The standard InChI is InChI=1S/C13H14F3N3O3S/c1-22-10-3-2-4-11(9-10)23(20,21)17-6-8-19-7-5-12(18-19)13(14,15)16/h2-5,7,9,17H,6,8H2,1H3. The Morgan fingerprint density at radius 1 is 1.30 bits per heavy atom. The van der Waals surface area contributed by atoms with Gasteiger partial charge in [0.2, 0.25) is 10.0 Å². The van der Waals surface area contributed by atoms with Crippen LogP contribution >= 0.6 is 0 Å². The number of rotatable bonds is 6. The predicted molar refractivity (Wildman–Crippen MR) is 75.4 cm³/mol. The van der Waals surface area contributed by atoms with Crippen LogP contribution in [0.4, 0.5) is 13.2 Å². The molecule has 1 heterocycles. The number of benzene rings is 1. The lowest BCUT2D eigenvalue weighted by atomic mass is 10.3. The molecule has 0 fully saturated rings. The second-order valence-electron chi connectivity index (χ2n) is 4.54. The highest BCUT2D eigenvalue weighted by molar-refractivity contribution is 7.89. The van der Waals surface area contributed by atoms with E-state index < -0.39 is 21.9 Å². The fourth-order valence-corrected chi connectivity index (χ4v) is 2.84. The maximum absolute atomic E-state index is 12.4. The Labute approximate surface area is 130 Å². The van der Waals surface area contributed by atoms with Crippen LogP contribution in [-0.2, 0) is 22.7 Å². The summed E-state index contributed by atoms with van der Waals surface area (Å²) < 4.78 is 69.6. The van der Waals surface area contributed by atoms with Gasteiger partial charge >= 0.3 is 6.18 Å². The van der Waals surface area contributed by atoms with Crippen LogP contribution in [-0.4, -0.2) is 31.9 Å². The zero-order valence-corrected chi connectivity index (χ0v) is 12.9. The lowest BCUT2D eigenvalue weighted by Crippen LogP contribution is -2.27. The van der Waals surface area contributed by atoms with Gasteiger partial charge in [-0.2, -0.15) is 18.3 Å². The minimum Gasteiger partial charge on any atom is -0.497 e. The molecular formula is C13H14F3N3O3S. The molecule has 0 saturated carbocycles. The number of hydrogen-bond donors (Lipinski definition) is 1. The summed E-state index contributed by atoms with van der Waals surface area (Å²) in [6.07, 6.45) is -3.38. The SMILES string of the molecule is COc1cccc(S(=O)(=O)NCCn2ccc(C(F)(F)F)n2)c1. The van der Waals surface area contributed by atoms with Crippen molar-refractivity contribution in [3.8, 4) is 5.75 Å². The molecule has 6 nitrogen and oxygen atoms in total. The van der Waals surface area contributed by atoms with Gasteiger partial charge in [0.1, 0.15) is 5.75 Å². The number of nitrogens with zero attached hydrogens (tertiary/aromatic N) is 2. The first-order chi connectivity index (χ1) is 10.7. The third-order valence-electron chi connectivity index (χ3n) is 2.92. The molecule has 1 N–H and O–H groups in total. The highest BCUT2D eigenvalue weighted by atomic mass is 32.2. The molecule has 0 aliphatic carbocycles. The molecule has 0 aliphatic heterocycles. The molecule has 0 unspecified atom stereocenters. The number of nitrogens with one attached hydrogen (secondary N) is 1. The molecule has 0 amide bonds. The Hall–Kier alpha value is -2.07. The fraction of sp³-hybridized carbons (Fsp3) is 0.308. The zero-order valence-electron chi connectivity index (χ0n) is 12.0. The van der Waals surface area contributed by atoms with Gasteiger partial charge in [-0.25, -0.2) is 13.1 Å². The summed E-state index contributed by atoms with van der Waals surface area (Å²) in [4.78, 5) is 0.00768. The largest absolute Gasteiger partial charge is 0.497 e. The molecule has 0 aliphatic rings. The van der Waals surface area contributed by atoms with Crippen LogP contribution in [0.1, 0.15) is 5.69 Å². The van der Waals surface area contributed by atoms with Gasteiger partial charge in [0.15, 0.2) is 5.69 Å². The number of hydrogen-bond acceptors (Lipinski definition) is 4. The van der Waals surface area contributed by atoms with Crippen molar-refractivity contribution in [2.45, 2.75) is 17.6 Å². The molecule has 2 rings (SSSR count). The summed E-state index contributed by atoms with van der Waals surface area (Å²) in [6, 6.07) is 6.69. The summed E-state index contributed by atoms with van der Waals surface area (Å²) in [5.41, 5.74) is -1.02. The first kappa shape index (κ1) is 17.3. The first-order valence-corrected chi connectivity index (χ1v) is 7.95. The molecule has 1 aromatic heterocycles. The molecule has 0 bridgehead atoms. The molecule has 23 heavy (non-hydrogen) atoms. The van der Waals surface area contributed by atoms with Gasteiger partial charge < -0.3 is 4.74 Å². The van der Waals surface area contributed by atoms with E-state index >= 15 is 0 Å². The number of sulfonamides is 1. The van der Waals surface area contributed by atoms with Crippen molar-refractivity contribution in [3.63, 3.8) is 0 Å². The average molecular weight is 349 g/mol. The molecule has 0 radical (unpaired) electrons. The zero-order chi connectivity index (χ0) is 17.1. The van der Waals surface area contributed by atoms with E-state index in [0.717, 1.165) is 16.9 Å². The molecule has 0 atom stereocenters. The van der Waals surface area contributed by atoms with Crippen molar-refractivity contribution in [1.29, 1.82) is 0 Å². The molecule has 2 aromatic rings. The monoisotopic (exact) mass is 349 g/mol. The molecule has 10 heteroatoms. The summed E-state index contributed by atoms with van der Waals surface area (Å²) in [6.45, 7) is -0.127. The third kappa shape index (κ3) is 4.45. The van der Waals surface area contributed by atoms with Gasteiger partial charge in [-0.1, -0.05) is 6.07 Å². The van der Waals surface area contributed by atoms with E-state index in [2.05, 4.69) is 9.82 Å². The normalized spacial score (nSPS) is 12.3. The van der Waals surface area contributed by atoms with Crippen molar-refractivity contribution in [2.75, 3.05) is 13.7 Å². The van der Waals surface area contributed by atoms with Gasteiger partial charge in [-0.3, -0.25) is 4.68 Å². The van der Waals surface area contributed by atoms with Crippen LogP contribution in [0.25, 0.3) is 0 Å². The predicted octanol–water partition coefficient (Wildman–Crippen LogP) is 1.89. The quantitative estimate of drug-likeness (QED) is 0.864. The van der Waals surface area contributed by atoms with E-state index in [9.17, 15) is 21.6 Å². The first-order valence-electron chi connectivity index (χ1n) is 6.47. The fourth-order valence-electron chi connectivity index (χ4n) is 1.78. The van der Waals surface area contributed by atoms with E-state index in [4.69, 9.17) is 4.74 Å².